The molecule has 0 saturated carbocycles. The largest absolute Gasteiger partial charge is 0.465 e. The van der Waals surface area contributed by atoms with E-state index >= 15 is 0 Å². The van der Waals surface area contributed by atoms with Gasteiger partial charge in [-0.05, 0) is 32.9 Å². The first kappa shape index (κ1) is 16.1. The van der Waals surface area contributed by atoms with Crippen molar-refractivity contribution in [1.82, 2.24) is 15.1 Å². The van der Waals surface area contributed by atoms with E-state index in [4.69, 9.17) is 9.15 Å². The van der Waals surface area contributed by atoms with Gasteiger partial charge in [0, 0.05) is 32.2 Å². The van der Waals surface area contributed by atoms with Crippen LogP contribution in [0.2, 0.25) is 0 Å². The van der Waals surface area contributed by atoms with E-state index in [1.54, 1.807) is 0 Å². The fourth-order valence-electron chi connectivity index (χ4n) is 3.11. The number of aryl methyl sites for hydroxylation is 3. The minimum atomic E-state index is 0.167. The number of rotatable bonds is 5. The molecule has 3 heterocycles. The maximum atomic E-state index is 5.71. The van der Waals surface area contributed by atoms with Gasteiger partial charge in [0.1, 0.15) is 17.3 Å². The van der Waals surface area contributed by atoms with Crippen molar-refractivity contribution in [1.29, 1.82) is 0 Å². The van der Waals surface area contributed by atoms with Gasteiger partial charge in [-0.15, -0.1) is 0 Å². The van der Waals surface area contributed by atoms with Crippen LogP contribution in [0.3, 0.4) is 0 Å². The highest BCUT2D eigenvalue weighted by Gasteiger charge is 2.22. The Morgan fingerprint density at radius 3 is 2.65 bits per heavy atom. The summed E-state index contributed by atoms with van der Waals surface area (Å²) in [6.07, 6.45) is 0. The van der Waals surface area contributed by atoms with Gasteiger partial charge in [0.05, 0.1) is 24.9 Å². The Morgan fingerprint density at radius 2 is 2.00 bits per heavy atom. The molecule has 2 aromatic heterocycles. The van der Waals surface area contributed by atoms with Crippen LogP contribution in [0.15, 0.2) is 16.5 Å². The summed E-state index contributed by atoms with van der Waals surface area (Å²) in [6, 6.07) is 4.20. The summed E-state index contributed by atoms with van der Waals surface area (Å²) in [6.45, 7) is 10.3. The second kappa shape index (κ2) is 6.76. The fourth-order valence-corrected chi connectivity index (χ4v) is 3.11. The number of hydrogen-bond donors (Lipinski definition) is 1. The minimum Gasteiger partial charge on any atom is -0.465 e. The van der Waals surface area contributed by atoms with E-state index in [-0.39, 0.29) is 6.04 Å². The molecule has 1 N–H and O–H groups in total. The standard InChI is InChI=1S/C17H26N4O2/c1-12-5-6-16(23-12)14(3)18-11-15-13(2)19-20(4)17(15)21-7-9-22-10-8-21/h5-6,14,18H,7-11H2,1-4H3. The van der Waals surface area contributed by atoms with Crippen molar-refractivity contribution in [3.8, 4) is 0 Å². The molecule has 1 atom stereocenters. The van der Waals surface area contributed by atoms with Crippen LogP contribution in [-0.2, 0) is 18.3 Å². The molecule has 23 heavy (non-hydrogen) atoms. The molecule has 3 rings (SSSR count). The zero-order chi connectivity index (χ0) is 16.4. The van der Waals surface area contributed by atoms with Crippen LogP contribution in [0, 0.1) is 13.8 Å². The van der Waals surface area contributed by atoms with Gasteiger partial charge >= 0.3 is 0 Å². The lowest BCUT2D eigenvalue weighted by Gasteiger charge is -2.29. The maximum absolute atomic E-state index is 5.71. The van der Waals surface area contributed by atoms with Gasteiger partial charge in [-0.2, -0.15) is 5.10 Å². The molecule has 126 valence electrons. The number of nitrogens with zero attached hydrogens (tertiary/aromatic N) is 3. The van der Waals surface area contributed by atoms with Gasteiger partial charge in [0.2, 0.25) is 0 Å². The number of hydrogen-bond acceptors (Lipinski definition) is 5. The summed E-state index contributed by atoms with van der Waals surface area (Å²) < 4.78 is 13.2. The van der Waals surface area contributed by atoms with E-state index in [0.717, 1.165) is 50.1 Å². The third-order valence-corrected chi connectivity index (χ3v) is 4.40. The van der Waals surface area contributed by atoms with Gasteiger partial charge in [-0.1, -0.05) is 0 Å². The van der Waals surface area contributed by atoms with Gasteiger partial charge in [-0.3, -0.25) is 4.68 Å². The molecular formula is C17H26N4O2. The Bertz CT molecular complexity index is 656. The van der Waals surface area contributed by atoms with Gasteiger partial charge < -0.3 is 19.4 Å². The lowest BCUT2D eigenvalue weighted by atomic mass is 10.2. The average Bonchev–Trinajstić information content (AvgIpc) is 3.09. The van der Waals surface area contributed by atoms with Crippen LogP contribution < -0.4 is 10.2 Å². The molecule has 0 radical (unpaired) electrons. The zero-order valence-electron chi connectivity index (χ0n) is 14.4. The van der Waals surface area contributed by atoms with Crippen LogP contribution in [0.5, 0.6) is 0 Å². The van der Waals surface area contributed by atoms with E-state index in [9.17, 15) is 0 Å². The average molecular weight is 318 g/mol. The van der Waals surface area contributed by atoms with Crippen LogP contribution in [-0.4, -0.2) is 36.1 Å². The summed E-state index contributed by atoms with van der Waals surface area (Å²) in [4.78, 5) is 2.36. The molecule has 0 aliphatic carbocycles. The second-order valence-electron chi connectivity index (χ2n) is 6.16. The Morgan fingerprint density at radius 1 is 1.26 bits per heavy atom. The van der Waals surface area contributed by atoms with Gasteiger partial charge in [0.25, 0.3) is 0 Å². The minimum absolute atomic E-state index is 0.167. The van der Waals surface area contributed by atoms with Crippen LogP contribution in [0.1, 0.15) is 35.7 Å². The highest BCUT2D eigenvalue weighted by atomic mass is 16.5. The molecule has 0 amide bonds. The first-order valence-electron chi connectivity index (χ1n) is 8.21. The molecule has 1 unspecified atom stereocenters. The van der Waals surface area contributed by atoms with E-state index in [0.29, 0.717) is 0 Å². The quantitative estimate of drug-likeness (QED) is 0.917. The number of morpholine rings is 1. The van der Waals surface area contributed by atoms with E-state index < -0.39 is 0 Å². The van der Waals surface area contributed by atoms with Crippen LogP contribution >= 0.6 is 0 Å². The van der Waals surface area contributed by atoms with Crippen molar-refractivity contribution >= 4 is 5.82 Å². The highest BCUT2D eigenvalue weighted by molar-refractivity contribution is 5.50. The SMILES string of the molecule is Cc1ccc(C(C)NCc2c(C)nn(C)c2N2CCOCC2)o1. The molecule has 2 aromatic rings. The zero-order valence-corrected chi connectivity index (χ0v) is 14.4. The third-order valence-electron chi connectivity index (χ3n) is 4.40. The van der Waals surface area contributed by atoms with E-state index in [1.807, 2.05) is 30.8 Å². The second-order valence-corrected chi connectivity index (χ2v) is 6.16. The molecule has 1 fully saturated rings. The summed E-state index contributed by atoms with van der Waals surface area (Å²) in [7, 11) is 2.01. The van der Waals surface area contributed by atoms with Crippen LogP contribution in [0.4, 0.5) is 5.82 Å². The normalized spacial score (nSPS) is 16.8. The number of furan rings is 1. The number of nitrogens with one attached hydrogen (secondary N) is 1. The van der Waals surface area contributed by atoms with Crippen molar-refractivity contribution < 1.29 is 9.15 Å². The topological polar surface area (TPSA) is 55.5 Å². The lowest BCUT2D eigenvalue weighted by molar-refractivity contribution is 0.122. The van der Waals surface area contributed by atoms with E-state index in [1.165, 1.54) is 11.4 Å². The molecule has 0 bridgehead atoms. The number of ether oxygens (including phenoxy) is 1. The Kier molecular flexibility index (Phi) is 4.73. The summed E-state index contributed by atoms with van der Waals surface area (Å²) in [5.41, 5.74) is 2.33. The van der Waals surface area contributed by atoms with Crippen molar-refractivity contribution in [2.75, 3.05) is 31.2 Å². The molecular weight excluding hydrogens is 292 g/mol. The third kappa shape index (κ3) is 3.43. The molecule has 0 aromatic carbocycles. The highest BCUT2D eigenvalue weighted by Crippen LogP contribution is 2.25. The van der Waals surface area contributed by atoms with Gasteiger partial charge in [0.15, 0.2) is 0 Å². The predicted molar refractivity (Wildman–Crippen MR) is 89.7 cm³/mol. The number of aromatic nitrogens is 2. The molecule has 1 aliphatic heterocycles. The van der Waals surface area contributed by atoms with Crippen LogP contribution in [0.25, 0.3) is 0 Å². The summed E-state index contributed by atoms with van der Waals surface area (Å²) >= 11 is 0. The fraction of sp³-hybridized carbons (Fsp3) is 0.588. The van der Waals surface area contributed by atoms with Gasteiger partial charge in [-0.25, -0.2) is 0 Å². The van der Waals surface area contributed by atoms with Crippen molar-refractivity contribution in [3.05, 3.63) is 34.9 Å². The Hall–Kier alpha value is -1.79. The maximum Gasteiger partial charge on any atom is 0.131 e. The Balaban J connectivity index is 1.74. The van der Waals surface area contributed by atoms with E-state index in [2.05, 4.69) is 29.2 Å². The lowest BCUT2D eigenvalue weighted by Crippen LogP contribution is -2.38. The Labute approximate surface area is 137 Å². The smallest absolute Gasteiger partial charge is 0.131 e. The predicted octanol–water partition coefficient (Wildman–Crippen LogP) is 2.32. The summed E-state index contributed by atoms with van der Waals surface area (Å²) in [5.74, 6) is 3.11. The molecule has 6 nitrogen and oxygen atoms in total. The monoisotopic (exact) mass is 318 g/mol. The molecule has 1 saturated heterocycles. The number of anilines is 1. The van der Waals surface area contributed by atoms with Crippen molar-refractivity contribution in [3.63, 3.8) is 0 Å². The van der Waals surface area contributed by atoms with Crippen molar-refractivity contribution in [2.45, 2.75) is 33.4 Å². The molecule has 6 heteroatoms. The van der Waals surface area contributed by atoms with Crippen molar-refractivity contribution in [2.24, 2.45) is 7.05 Å². The first-order chi connectivity index (χ1) is 11.1. The molecule has 0 spiro atoms. The first-order valence-corrected chi connectivity index (χ1v) is 8.21. The summed E-state index contributed by atoms with van der Waals surface area (Å²) in [5, 5.41) is 8.17. The molecule has 1 aliphatic rings.